The monoisotopic (exact) mass is 154 g/mol. The van der Waals surface area contributed by atoms with E-state index in [1.165, 1.54) is 0 Å². The van der Waals surface area contributed by atoms with Gasteiger partial charge in [-0.05, 0) is 33.4 Å². The average molecular weight is 154 g/mol. The average Bonchev–Trinajstić information content (AvgIpc) is 1.84. The number of nitrogens with zero attached hydrogens (tertiary/aromatic N) is 1. The van der Waals surface area contributed by atoms with Crippen LogP contribution in [-0.4, -0.2) is 31.3 Å². The van der Waals surface area contributed by atoms with Crippen LogP contribution in [-0.2, 0) is 0 Å². The summed E-state index contributed by atoms with van der Waals surface area (Å²) in [5, 5.41) is 7.31. The lowest BCUT2D eigenvalue weighted by atomic mass is 10.0. The number of hydrogen-bond acceptors (Lipinski definition) is 2. The van der Waals surface area contributed by atoms with Crippen LogP contribution in [0.25, 0.3) is 0 Å². The van der Waals surface area contributed by atoms with E-state index < -0.39 is 0 Å². The molecule has 0 aromatic heterocycles. The van der Waals surface area contributed by atoms with Gasteiger partial charge in [0.15, 0.2) is 0 Å². The summed E-state index contributed by atoms with van der Waals surface area (Å²) in [5.41, 5.74) is 0.733. The smallest absolute Gasteiger partial charge is 0.00645 e. The maximum atomic E-state index is 7.31. The maximum Gasteiger partial charge on any atom is 0.00645 e. The second kappa shape index (κ2) is 5.08. The normalized spacial score (nSPS) is 13.1. The lowest BCUT2D eigenvalue weighted by Crippen LogP contribution is -2.21. The largest absolute Gasteiger partial charge is 0.310 e. The predicted octanol–water partition coefficient (Wildman–Crippen LogP) is 1.78. The van der Waals surface area contributed by atoms with E-state index in [9.17, 15) is 0 Å². The number of nitrogens with one attached hydrogen (secondary N) is 1. The summed E-state index contributed by atoms with van der Waals surface area (Å²) in [4.78, 5) is 2.12. The molecule has 0 saturated heterocycles. The fourth-order valence-corrected chi connectivity index (χ4v) is 1.08. The zero-order valence-corrected chi connectivity index (χ0v) is 7.72. The van der Waals surface area contributed by atoms with Crippen molar-refractivity contribution in [3.8, 4) is 0 Å². The molecule has 2 heteroatoms. The summed E-state index contributed by atoms with van der Waals surface area (Å²) >= 11 is 0. The molecule has 0 aromatic carbocycles. The highest BCUT2D eigenvalue weighted by molar-refractivity contribution is 5.78. The van der Waals surface area contributed by atoms with Gasteiger partial charge in [-0.2, -0.15) is 0 Å². The standard InChI is InChI=1S/C9H18N2/c1-5-9(6-8(2)10)7-11(3)4/h5,9-10H,1,6-7H2,2-4H3. The minimum absolute atomic E-state index is 0.433. The second-order valence-corrected chi connectivity index (χ2v) is 3.24. The Morgan fingerprint density at radius 3 is 2.45 bits per heavy atom. The molecule has 0 fully saturated rings. The Morgan fingerprint density at radius 2 is 2.18 bits per heavy atom. The molecule has 11 heavy (non-hydrogen) atoms. The van der Waals surface area contributed by atoms with Crippen LogP contribution in [0.5, 0.6) is 0 Å². The van der Waals surface area contributed by atoms with E-state index in [1.807, 2.05) is 27.1 Å². The van der Waals surface area contributed by atoms with E-state index in [-0.39, 0.29) is 0 Å². The summed E-state index contributed by atoms with van der Waals surface area (Å²) in [5.74, 6) is 0.433. The van der Waals surface area contributed by atoms with E-state index in [1.54, 1.807) is 0 Å². The van der Waals surface area contributed by atoms with Gasteiger partial charge in [0, 0.05) is 12.3 Å². The Balaban J connectivity index is 3.76. The quantitative estimate of drug-likeness (QED) is 0.474. The molecule has 2 nitrogen and oxygen atoms in total. The van der Waals surface area contributed by atoms with Crippen LogP contribution in [0.3, 0.4) is 0 Å². The molecular formula is C9H18N2. The molecule has 0 aliphatic rings. The first kappa shape index (κ1) is 10.4. The molecule has 0 aliphatic heterocycles. The molecule has 64 valence electrons. The number of hydrogen-bond donors (Lipinski definition) is 1. The summed E-state index contributed by atoms with van der Waals surface area (Å²) in [7, 11) is 4.07. The van der Waals surface area contributed by atoms with Crippen molar-refractivity contribution in [2.45, 2.75) is 13.3 Å². The molecule has 0 amide bonds. The first-order valence-electron chi connectivity index (χ1n) is 3.87. The van der Waals surface area contributed by atoms with Crippen LogP contribution in [0.4, 0.5) is 0 Å². The van der Waals surface area contributed by atoms with E-state index in [2.05, 4.69) is 11.5 Å². The van der Waals surface area contributed by atoms with Gasteiger partial charge in [-0.25, -0.2) is 0 Å². The summed E-state index contributed by atoms with van der Waals surface area (Å²) in [6, 6.07) is 0. The fourth-order valence-electron chi connectivity index (χ4n) is 1.08. The predicted molar refractivity (Wildman–Crippen MR) is 50.3 cm³/mol. The molecule has 0 spiro atoms. The van der Waals surface area contributed by atoms with Crippen molar-refractivity contribution in [3.05, 3.63) is 12.7 Å². The van der Waals surface area contributed by atoms with Crippen molar-refractivity contribution in [3.63, 3.8) is 0 Å². The summed E-state index contributed by atoms with van der Waals surface area (Å²) in [6.45, 7) is 6.57. The Kier molecular flexibility index (Phi) is 4.79. The number of rotatable bonds is 5. The molecule has 1 unspecified atom stereocenters. The third-order valence-electron chi connectivity index (χ3n) is 1.50. The first-order chi connectivity index (χ1) is 5.06. The topological polar surface area (TPSA) is 27.1 Å². The highest BCUT2D eigenvalue weighted by Gasteiger charge is 2.05. The van der Waals surface area contributed by atoms with Crippen molar-refractivity contribution in [1.29, 1.82) is 5.41 Å². The second-order valence-electron chi connectivity index (χ2n) is 3.24. The molecule has 0 radical (unpaired) electrons. The first-order valence-corrected chi connectivity index (χ1v) is 3.87. The van der Waals surface area contributed by atoms with Crippen molar-refractivity contribution in [1.82, 2.24) is 4.90 Å². The Labute approximate surface area is 69.4 Å². The van der Waals surface area contributed by atoms with Crippen LogP contribution >= 0.6 is 0 Å². The molecule has 0 aromatic rings. The van der Waals surface area contributed by atoms with Crippen LogP contribution < -0.4 is 0 Å². The van der Waals surface area contributed by atoms with Gasteiger partial charge in [0.2, 0.25) is 0 Å². The van der Waals surface area contributed by atoms with Gasteiger partial charge in [0.1, 0.15) is 0 Å². The Morgan fingerprint density at radius 1 is 1.64 bits per heavy atom. The minimum atomic E-state index is 0.433. The van der Waals surface area contributed by atoms with Gasteiger partial charge in [-0.15, -0.1) is 6.58 Å². The van der Waals surface area contributed by atoms with Gasteiger partial charge < -0.3 is 10.3 Å². The highest BCUT2D eigenvalue weighted by atomic mass is 15.1. The van der Waals surface area contributed by atoms with Crippen molar-refractivity contribution < 1.29 is 0 Å². The lowest BCUT2D eigenvalue weighted by Gasteiger charge is -2.16. The van der Waals surface area contributed by atoms with E-state index in [0.29, 0.717) is 5.92 Å². The third-order valence-corrected chi connectivity index (χ3v) is 1.50. The van der Waals surface area contributed by atoms with Gasteiger partial charge in [-0.1, -0.05) is 6.08 Å². The van der Waals surface area contributed by atoms with Crippen LogP contribution in [0.1, 0.15) is 13.3 Å². The Bertz CT molecular complexity index is 138. The zero-order chi connectivity index (χ0) is 8.85. The van der Waals surface area contributed by atoms with Crippen LogP contribution in [0.2, 0.25) is 0 Å². The zero-order valence-electron chi connectivity index (χ0n) is 7.72. The summed E-state index contributed by atoms with van der Waals surface area (Å²) < 4.78 is 0. The third kappa shape index (κ3) is 5.80. The minimum Gasteiger partial charge on any atom is -0.310 e. The lowest BCUT2D eigenvalue weighted by molar-refractivity contribution is 0.363. The van der Waals surface area contributed by atoms with E-state index in [0.717, 1.165) is 18.7 Å². The fraction of sp³-hybridized carbons (Fsp3) is 0.667. The molecule has 0 bridgehead atoms. The van der Waals surface area contributed by atoms with Gasteiger partial charge in [0.05, 0.1) is 0 Å². The molecule has 1 N–H and O–H groups in total. The molecule has 0 saturated carbocycles. The molecule has 0 aliphatic carbocycles. The maximum absolute atomic E-state index is 7.31. The highest BCUT2D eigenvalue weighted by Crippen LogP contribution is 2.05. The SMILES string of the molecule is C=CC(CC(C)=N)CN(C)C. The van der Waals surface area contributed by atoms with E-state index >= 15 is 0 Å². The van der Waals surface area contributed by atoms with E-state index in [4.69, 9.17) is 5.41 Å². The van der Waals surface area contributed by atoms with Gasteiger partial charge in [-0.3, -0.25) is 0 Å². The van der Waals surface area contributed by atoms with Gasteiger partial charge >= 0.3 is 0 Å². The molecular weight excluding hydrogens is 136 g/mol. The van der Waals surface area contributed by atoms with Crippen molar-refractivity contribution in [2.24, 2.45) is 5.92 Å². The van der Waals surface area contributed by atoms with Crippen LogP contribution in [0, 0.1) is 11.3 Å². The molecule has 0 rings (SSSR count). The van der Waals surface area contributed by atoms with Crippen molar-refractivity contribution >= 4 is 5.71 Å². The van der Waals surface area contributed by atoms with Crippen molar-refractivity contribution in [2.75, 3.05) is 20.6 Å². The molecule has 1 atom stereocenters. The molecule has 0 heterocycles. The summed E-state index contributed by atoms with van der Waals surface area (Å²) in [6.07, 6.45) is 2.76. The Hall–Kier alpha value is -0.630. The van der Waals surface area contributed by atoms with Crippen LogP contribution in [0.15, 0.2) is 12.7 Å². The van der Waals surface area contributed by atoms with Gasteiger partial charge in [0.25, 0.3) is 0 Å².